The van der Waals surface area contributed by atoms with Gasteiger partial charge >= 0.3 is 0 Å². The first-order chi connectivity index (χ1) is 9.90. The highest BCUT2D eigenvalue weighted by atomic mass is 32.2. The SMILES string of the molecule is CCCOc1cc(N2CCN(S(C)(=O)=O)CC2)nc(C)n1. The minimum atomic E-state index is -3.11. The zero-order valence-electron chi connectivity index (χ0n) is 12.7. The number of hydrogen-bond donors (Lipinski definition) is 0. The zero-order valence-corrected chi connectivity index (χ0v) is 13.6. The smallest absolute Gasteiger partial charge is 0.218 e. The van der Waals surface area contributed by atoms with E-state index in [2.05, 4.69) is 14.9 Å². The Labute approximate surface area is 126 Å². The highest BCUT2D eigenvalue weighted by Crippen LogP contribution is 2.19. The van der Waals surface area contributed by atoms with Crippen molar-refractivity contribution in [3.05, 3.63) is 11.9 Å². The van der Waals surface area contributed by atoms with Gasteiger partial charge in [0.05, 0.1) is 12.9 Å². The lowest BCUT2D eigenvalue weighted by atomic mass is 10.3. The van der Waals surface area contributed by atoms with Crippen LogP contribution in [0.2, 0.25) is 0 Å². The molecule has 1 aromatic heterocycles. The molecule has 7 nitrogen and oxygen atoms in total. The summed E-state index contributed by atoms with van der Waals surface area (Å²) < 4.78 is 30.1. The summed E-state index contributed by atoms with van der Waals surface area (Å²) in [5, 5.41) is 0. The van der Waals surface area contributed by atoms with Crippen LogP contribution in [-0.2, 0) is 10.0 Å². The summed E-state index contributed by atoms with van der Waals surface area (Å²) >= 11 is 0. The molecule has 0 amide bonds. The summed E-state index contributed by atoms with van der Waals surface area (Å²) in [5.74, 6) is 2.02. The van der Waals surface area contributed by atoms with Crippen LogP contribution in [0, 0.1) is 6.92 Å². The van der Waals surface area contributed by atoms with Crippen molar-refractivity contribution >= 4 is 15.8 Å². The average molecular weight is 314 g/mol. The normalized spacial score (nSPS) is 17.0. The molecule has 0 spiro atoms. The molecule has 0 saturated carbocycles. The maximum absolute atomic E-state index is 11.5. The standard InChI is InChI=1S/C13H22N4O3S/c1-4-9-20-13-10-12(14-11(2)15-13)16-5-7-17(8-6-16)21(3,18)19/h10H,4-9H2,1-3H3. The van der Waals surface area contributed by atoms with Crippen LogP contribution in [0.3, 0.4) is 0 Å². The lowest BCUT2D eigenvalue weighted by Gasteiger charge is -2.34. The van der Waals surface area contributed by atoms with Crippen molar-refractivity contribution in [2.24, 2.45) is 0 Å². The summed E-state index contributed by atoms with van der Waals surface area (Å²) in [6, 6.07) is 1.82. The molecular formula is C13H22N4O3S. The number of ether oxygens (including phenoxy) is 1. The lowest BCUT2D eigenvalue weighted by Crippen LogP contribution is -2.48. The van der Waals surface area contributed by atoms with Gasteiger partial charge in [-0.15, -0.1) is 0 Å². The molecule has 0 N–H and O–H groups in total. The minimum Gasteiger partial charge on any atom is -0.478 e. The van der Waals surface area contributed by atoms with Crippen molar-refractivity contribution in [2.75, 3.05) is 43.9 Å². The van der Waals surface area contributed by atoms with E-state index in [9.17, 15) is 8.42 Å². The predicted octanol–water partition coefficient (Wildman–Crippen LogP) is 0.655. The van der Waals surface area contributed by atoms with E-state index in [-0.39, 0.29) is 0 Å². The minimum absolute atomic E-state index is 0.479. The van der Waals surface area contributed by atoms with Crippen LogP contribution in [0.25, 0.3) is 0 Å². The first-order valence-electron chi connectivity index (χ1n) is 7.08. The van der Waals surface area contributed by atoms with Crippen LogP contribution >= 0.6 is 0 Å². The Kier molecular flexibility index (Phi) is 5.00. The molecule has 118 valence electrons. The summed E-state index contributed by atoms with van der Waals surface area (Å²) in [6.07, 6.45) is 2.17. The average Bonchev–Trinajstić information content (AvgIpc) is 2.44. The molecule has 0 unspecified atom stereocenters. The van der Waals surface area contributed by atoms with E-state index in [1.807, 2.05) is 19.9 Å². The number of nitrogens with zero attached hydrogens (tertiary/aromatic N) is 4. The largest absolute Gasteiger partial charge is 0.478 e. The van der Waals surface area contributed by atoms with Crippen molar-refractivity contribution in [2.45, 2.75) is 20.3 Å². The molecular weight excluding hydrogens is 292 g/mol. The molecule has 0 bridgehead atoms. The van der Waals surface area contributed by atoms with E-state index in [0.717, 1.165) is 12.2 Å². The summed E-state index contributed by atoms with van der Waals surface area (Å²) in [6.45, 7) is 6.69. The quantitative estimate of drug-likeness (QED) is 0.794. The fourth-order valence-corrected chi connectivity index (χ4v) is 3.04. The molecule has 21 heavy (non-hydrogen) atoms. The first kappa shape index (κ1) is 16.0. The molecule has 2 rings (SSSR count). The third-order valence-electron chi connectivity index (χ3n) is 3.29. The van der Waals surface area contributed by atoms with Crippen molar-refractivity contribution in [3.63, 3.8) is 0 Å². The monoisotopic (exact) mass is 314 g/mol. The number of aryl methyl sites for hydroxylation is 1. The van der Waals surface area contributed by atoms with Gasteiger partial charge in [0.25, 0.3) is 0 Å². The van der Waals surface area contributed by atoms with Crippen LogP contribution in [0.1, 0.15) is 19.2 Å². The van der Waals surface area contributed by atoms with Gasteiger partial charge in [0.2, 0.25) is 15.9 Å². The molecule has 0 atom stereocenters. The number of anilines is 1. The topological polar surface area (TPSA) is 75.6 Å². The Balaban J connectivity index is 2.07. The van der Waals surface area contributed by atoms with Gasteiger partial charge in [-0.05, 0) is 13.3 Å². The van der Waals surface area contributed by atoms with Crippen molar-refractivity contribution in [1.29, 1.82) is 0 Å². The van der Waals surface area contributed by atoms with Gasteiger partial charge in [-0.1, -0.05) is 6.92 Å². The zero-order chi connectivity index (χ0) is 15.5. The van der Waals surface area contributed by atoms with Crippen LogP contribution in [0.15, 0.2) is 6.07 Å². The van der Waals surface area contributed by atoms with Crippen LogP contribution in [0.5, 0.6) is 5.88 Å². The van der Waals surface area contributed by atoms with Crippen LogP contribution in [-0.4, -0.2) is 61.7 Å². The molecule has 2 heterocycles. The summed E-state index contributed by atoms with van der Waals surface area (Å²) in [5.41, 5.74) is 0. The van der Waals surface area contributed by atoms with Gasteiger partial charge < -0.3 is 9.64 Å². The Morgan fingerprint density at radius 3 is 2.48 bits per heavy atom. The summed E-state index contributed by atoms with van der Waals surface area (Å²) in [4.78, 5) is 10.7. The first-order valence-corrected chi connectivity index (χ1v) is 8.93. The number of hydrogen-bond acceptors (Lipinski definition) is 6. The molecule has 1 aliphatic heterocycles. The second-order valence-electron chi connectivity index (χ2n) is 5.11. The van der Waals surface area contributed by atoms with Crippen molar-refractivity contribution in [1.82, 2.24) is 14.3 Å². The third-order valence-corrected chi connectivity index (χ3v) is 4.59. The Morgan fingerprint density at radius 2 is 1.90 bits per heavy atom. The number of sulfonamides is 1. The second kappa shape index (κ2) is 6.57. The lowest BCUT2D eigenvalue weighted by molar-refractivity contribution is 0.303. The maximum atomic E-state index is 11.5. The van der Waals surface area contributed by atoms with Gasteiger partial charge in [-0.3, -0.25) is 0 Å². The van der Waals surface area contributed by atoms with Crippen molar-refractivity contribution in [3.8, 4) is 5.88 Å². The summed E-state index contributed by atoms with van der Waals surface area (Å²) in [7, 11) is -3.11. The van der Waals surface area contributed by atoms with E-state index < -0.39 is 10.0 Å². The number of rotatable bonds is 5. The molecule has 1 fully saturated rings. The maximum Gasteiger partial charge on any atom is 0.218 e. The van der Waals surface area contributed by atoms with Crippen LogP contribution in [0.4, 0.5) is 5.82 Å². The van der Waals surface area contributed by atoms with E-state index in [0.29, 0.717) is 44.5 Å². The van der Waals surface area contributed by atoms with E-state index >= 15 is 0 Å². The third kappa shape index (κ3) is 4.28. The molecule has 8 heteroatoms. The fraction of sp³-hybridized carbons (Fsp3) is 0.692. The molecule has 1 aromatic rings. The highest BCUT2D eigenvalue weighted by molar-refractivity contribution is 7.88. The molecule has 0 radical (unpaired) electrons. The molecule has 0 aromatic carbocycles. The van der Waals surface area contributed by atoms with Gasteiger partial charge in [0, 0.05) is 32.2 Å². The van der Waals surface area contributed by atoms with Gasteiger partial charge in [0.1, 0.15) is 11.6 Å². The van der Waals surface area contributed by atoms with E-state index in [1.54, 1.807) is 0 Å². The Bertz CT molecular complexity index is 583. The highest BCUT2D eigenvalue weighted by Gasteiger charge is 2.24. The molecule has 0 aliphatic carbocycles. The van der Waals surface area contributed by atoms with Crippen molar-refractivity contribution < 1.29 is 13.2 Å². The number of aromatic nitrogens is 2. The van der Waals surface area contributed by atoms with E-state index in [1.165, 1.54) is 10.6 Å². The van der Waals surface area contributed by atoms with E-state index in [4.69, 9.17) is 4.74 Å². The van der Waals surface area contributed by atoms with Gasteiger partial charge in [0.15, 0.2) is 0 Å². The predicted molar refractivity (Wildman–Crippen MR) is 81.2 cm³/mol. The molecule has 1 aliphatic rings. The van der Waals surface area contributed by atoms with Gasteiger partial charge in [-0.2, -0.15) is 9.29 Å². The number of piperazine rings is 1. The Hall–Kier alpha value is -1.41. The Morgan fingerprint density at radius 1 is 1.24 bits per heavy atom. The van der Waals surface area contributed by atoms with Crippen LogP contribution < -0.4 is 9.64 Å². The second-order valence-corrected chi connectivity index (χ2v) is 7.09. The fourth-order valence-electron chi connectivity index (χ4n) is 2.22. The van der Waals surface area contributed by atoms with Gasteiger partial charge in [-0.25, -0.2) is 13.4 Å². The molecule has 1 saturated heterocycles.